The molecule has 5 rings (SSSR count). The van der Waals surface area contributed by atoms with E-state index in [1.807, 2.05) is 48.5 Å². The Morgan fingerprint density at radius 2 is 1.71 bits per heavy atom. The molecule has 158 valence electrons. The molecule has 1 aliphatic carbocycles. The molecular formula is C24H23ClN4O2. The van der Waals surface area contributed by atoms with Crippen molar-refractivity contribution >= 4 is 45.6 Å². The molecule has 31 heavy (non-hydrogen) atoms. The number of hydrogen-bond acceptors (Lipinski definition) is 5. The van der Waals surface area contributed by atoms with Gasteiger partial charge in [0.25, 0.3) is 0 Å². The topological polar surface area (TPSA) is 83.0 Å². The summed E-state index contributed by atoms with van der Waals surface area (Å²) < 4.78 is 7.64. The molecule has 2 aromatic heterocycles. The molecule has 0 spiro atoms. The summed E-state index contributed by atoms with van der Waals surface area (Å²) >= 11 is 6.39. The van der Waals surface area contributed by atoms with Crippen LogP contribution in [0.2, 0.25) is 5.02 Å². The quantitative estimate of drug-likeness (QED) is 0.437. The zero-order valence-electron chi connectivity index (χ0n) is 17.1. The molecule has 0 aliphatic heterocycles. The minimum absolute atomic E-state index is 0.0731. The molecule has 0 amide bonds. The van der Waals surface area contributed by atoms with Gasteiger partial charge in [0.15, 0.2) is 5.65 Å². The maximum atomic E-state index is 13.2. The summed E-state index contributed by atoms with van der Waals surface area (Å²) in [6.45, 7) is 0.381. The summed E-state index contributed by atoms with van der Waals surface area (Å²) in [5.41, 5.74) is 10.1. The number of anilines is 1. The summed E-state index contributed by atoms with van der Waals surface area (Å²) in [5.74, 6) is -0.136. The second-order valence-electron chi connectivity index (χ2n) is 7.99. The van der Waals surface area contributed by atoms with Gasteiger partial charge in [-0.25, -0.2) is 14.8 Å². The molecule has 0 unspecified atom stereocenters. The summed E-state index contributed by atoms with van der Waals surface area (Å²) in [7, 11) is 0. The van der Waals surface area contributed by atoms with Crippen LogP contribution in [0.25, 0.3) is 22.2 Å². The minimum atomic E-state index is -0.433. The van der Waals surface area contributed by atoms with Crippen molar-refractivity contribution in [2.24, 2.45) is 0 Å². The molecule has 0 saturated heterocycles. The Hall–Kier alpha value is -3.12. The van der Waals surface area contributed by atoms with Gasteiger partial charge in [0, 0.05) is 5.02 Å². The zero-order valence-corrected chi connectivity index (χ0v) is 17.8. The van der Waals surface area contributed by atoms with Crippen molar-refractivity contribution in [1.29, 1.82) is 0 Å². The SMILES string of the molecule is Nc1c(C(=O)OC2CCCCC2)c2nc3ccccc3nc2n1Cc1ccccc1Cl. The third-order valence-electron chi connectivity index (χ3n) is 5.91. The van der Waals surface area contributed by atoms with Crippen LogP contribution in [-0.4, -0.2) is 26.6 Å². The van der Waals surface area contributed by atoms with Crippen molar-refractivity contribution in [1.82, 2.24) is 14.5 Å². The standard InChI is InChI=1S/C24H23ClN4O2/c25-17-11-5-4-8-15(17)14-29-22(26)20(24(30)31-16-9-2-1-3-10-16)21-23(29)28-19-13-7-6-12-18(19)27-21/h4-8,11-13,16H,1-3,9-10,14,26H2. The van der Waals surface area contributed by atoms with E-state index in [1.165, 1.54) is 6.42 Å². The second-order valence-corrected chi connectivity index (χ2v) is 8.39. The molecule has 2 N–H and O–H groups in total. The van der Waals surface area contributed by atoms with Gasteiger partial charge >= 0.3 is 5.97 Å². The predicted molar refractivity (Wildman–Crippen MR) is 122 cm³/mol. The van der Waals surface area contributed by atoms with E-state index in [1.54, 1.807) is 4.57 Å². The number of hydrogen-bond donors (Lipinski definition) is 1. The van der Waals surface area contributed by atoms with E-state index >= 15 is 0 Å². The van der Waals surface area contributed by atoms with Gasteiger partial charge in [-0.3, -0.25) is 0 Å². The lowest BCUT2D eigenvalue weighted by atomic mass is 9.98. The van der Waals surface area contributed by atoms with Crippen molar-refractivity contribution in [3.05, 3.63) is 64.7 Å². The molecule has 6 nitrogen and oxygen atoms in total. The first-order valence-corrected chi connectivity index (χ1v) is 11.0. The number of carbonyl (C=O) groups is 1. The molecule has 2 aromatic carbocycles. The molecule has 1 fully saturated rings. The Bertz CT molecular complexity index is 1280. The first kappa shape index (κ1) is 19.8. The smallest absolute Gasteiger partial charge is 0.344 e. The maximum Gasteiger partial charge on any atom is 0.344 e. The number of fused-ring (bicyclic) bond motifs is 2. The Kier molecular flexibility index (Phi) is 5.24. The van der Waals surface area contributed by atoms with Crippen LogP contribution in [0.1, 0.15) is 48.0 Å². The Balaban J connectivity index is 1.65. The molecule has 1 saturated carbocycles. The number of ether oxygens (including phenoxy) is 1. The largest absolute Gasteiger partial charge is 0.459 e. The number of nitrogens with zero attached hydrogens (tertiary/aromatic N) is 3. The predicted octanol–water partition coefficient (Wildman–Crippen LogP) is 5.36. The number of aromatic nitrogens is 3. The fraction of sp³-hybridized carbons (Fsp3) is 0.292. The van der Waals surface area contributed by atoms with Gasteiger partial charge in [0.2, 0.25) is 0 Å². The number of carbonyl (C=O) groups excluding carboxylic acids is 1. The van der Waals surface area contributed by atoms with Crippen molar-refractivity contribution in [2.75, 3.05) is 5.73 Å². The average molecular weight is 435 g/mol. The van der Waals surface area contributed by atoms with Crippen molar-refractivity contribution in [3.8, 4) is 0 Å². The Morgan fingerprint density at radius 3 is 2.45 bits per heavy atom. The summed E-state index contributed by atoms with van der Waals surface area (Å²) in [6.07, 6.45) is 5.04. The van der Waals surface area contributed by atoms with Gasteiger partial charge in [0.05, 0.1) is 17.6 Å². The Labute approximate surface area is 185 Å². The van der Waals surface area contributed by atoms with Crippen LogP contribution < -0.4 is 5.73 Å². The number of rotatable bonds is 4. The van der Waals surface area contributed by atoms with E-state index in [4.69, 9.17) is 32.0 Å². The molecule has 2 heterocycles. The highest BCUT2D eigenvalue weighted by molar-refractivity contribution is 6.31. The first-order chi connectivity index (χ1) is 15.1. The lowest BCUT2D eigenvalue weighted by Gasteiger charge is -2.21. The summed E-state index contributed by atoms with van der Waals surface area (Å²) in [6, 6.07) is 15.1. The van der Waals surface area contributed by atoms with Gasteiger partial charge in [0.1, 0.15) is 23.0 Å². The number of nitrogens with two attached hydrogens (primary N) is 1. The molecule has 7 heteroatoms. The summed E-state index contributed by atoms with van der Waals surface area (Å²) in [4.78, 5) is 22.7. The molecule has 0 radical (unpaired) electrons. The van der Waals surface area contributed by atoms with Crippen LogP contribution >= 0.6 is 11.6 Å². The van der Waals surface area contributed by atoms with Crippen LogP contribution in [0.4, 0.5) is 5.82 Å². The zero-order chi connectivity index (χ0) is 21.4. The monoisotopic (exact) mass is 434 g/mol. The van der Waals surface area contributed by atoms with E-state index < -0.39 is 5.97 Å². The number of para-hydroxylation sites is 2. The molecule has 0 atom stereocenters. The van der Waals surface area contributed by atoms with Gasteiger partial charge in [-0.05, 0) is 49.4 Å². The molecule has 4 aromatic rings. The normalized spacial score (nSPS) is 14.9. The third kappa shape index (κ3) is 3.72. The van der Waals surface area contributed by atoms with Crippen LogP contribution in [0.15, 0.2) is 48.5 Å². The lowest BCUT2D eigenvalue weighted by molar-refractivity contribution is 0.0214. The van der Waals surface area contributed by atoms with Crippen LogP contribution in [-0.2, 0) is 11.3 Å². The number of esters is 1. The van der Waals surface area contributed by atoms with Crippen molar-refractivity contribution in [3.63, 3.8) is 0 Å². The minimum Gasteiger partial charge on any atom is -0.459 e. The van der Waals surface area contributed by atoms with Crippen LogP contribution in [0.5, 0.6) is 0 Å². The highest BCUT2D eigenvalue weighted by Gasteiger charge is 2.28. The lowest BCUT2D eigenvalue weighted by Crippen LogP contribution is -2.21. The van der Waals surface area contributed by atoms with E-state index in [0.29, 0.717) is 34.1 Å². The summed E-state index contributed by atoms with van der Waals surface area (Å²) in [5, 5.41) is 0.629. The Morgan fingerprint density at radius 1 is 1.03 bits per heavy atom. The van der Waals surface area contributed by atoms with E-state index in [-0.39, 0.29) is 11.7 Å². The van der Waals surface area contributed by atoms with Crippen LogP contribution in [0.3, 0.4) is 0 Å². The first-order valence-electron chi connectivity index (χ1n) is 10.6. The van der Waals surface area contributed by atoms with Gasteiger partial charge < -0.3 is 15.0 Å². The fourth-order valence-corrected chi connectivity index (χ4v) is 4.46. The number of halogens is 1. The van der Waals surface area contributed by atoms with Crippen molar-refractivity contribution in [2.45, 2.75) is 44.8 Å². The van der Waals surface area contributed by atoms with E-state index in [9.17, 15) is 4.79 Å². The highest BCUT2D eigenvalue weighted by atomic mass is 35.5. The van der Waals surface area contributed by atoms with Crippen molar-refractivity contribution < 1.29 is 9.53 Å². The van der Waals surface area contributed by atoms with Gasteiger partial charge in [-0.1, -0.05) is 48.4 Å². The maximum absolute atomic E-state index is 13.2. The third-order valence-corrected chi connectivity index (χ3v) is 6.28. The van der Waals surface area contributed by atoms with E-state index in [2.05, 4.69) is 0 Å². The van der Waals surface area contributed by atoms with Crippen LogP contribution in [0, 0.1) is 0 Å². The average Bonchev–Trinajstić information content (AvgIpc) is 3.05. The highest BCUT2D eigenvalue weighted by Crippen LogP contribution is 2.31. The van der Waals surface area contributed by atoms with Gasteiger partial charge in [-0.15, -0.1) is 0 Å². The molecular weight excluding hydrogens is 412 g/mol. The van der Waals surface area contributed by atoms with Gasteiger partial charge in [-0.2, -0.15) is 0 Å². The molecule has 1 aliphatic rings. The molecule has 0 bridgehead atoms. The number of nitrogen functional groups attached to an aromatic ring is 1. The van der Waals surface area contributed by atoms with E-state index in [0.717, 1.165) is 36.8 Å². The fourth-order valence-electron chi connectivity index (χ4n) is 4.27. The second kappa shape index (κ2) is 8.19. The number of benzene rings is 2.